The largest absolute Gasteiger partial charge is 0.339 e. The number of benzene rings is 1. The zero-order chi connectivity index (χ0) is 16.9. The number of likely N-dealkylation sites (tertiary alicyclic amines) is 1. The van der Waals surface area contributed by atoms with Gasteiger partial charge in [0.1, 0.15) is 0 Å². The first-order valence-corrected chi connectivity index (χ1v) is 9.24. The Hall–Kier alpha value is -2.02. The molecule has 0 aliphatic carbocycles. The van der Waals surface area contributed by atoms with Crippen molar-refractivity contribution in [3.63, 3.8) is 0 Å². The van der Waals surface area contributed by atoms with Crippen molar-refractivity contribution >= 4 is 23.5 Å². The molecule has 3 rings (SSSR count). The lowest BCUT2D eigenvalue weighted by molar-refractivity contribution is 0.184. The summed E-state index contributed by atoms with van der Waals surface area (Å²) in [4.78, 5) is 19.9. The Balaban J connectivity index is 1.66. The number of aryl methyl sites for hydroxylation is 1. The third-order valence-electron chi connectivity index (χ3n) is 4.03. The molecule has 1 aliphatic heterocycles. The van der Waals surface area contributed by atoms with Crippen LogP contribution in [0.25, 0.3) is 0 Å². The van der Waals surface area contributed by atoms with E-state index in [1.54, 1.807) is 11.8 Å². The van der Waals surface area contributed by atoms with Crippen molar-refractivity contribution in [2.75, 3.05) is 24.2 Å². The van der Waals surface area contributed by atoms with Crippen molar-refractivity contribution in [1.29, 1.82) is 0 Å². The third kappa shape index (κ3) is 3.90. The zero-order valence-corrected chi connectivity index (χ0v) is 14.8. The minimum Gasteiger partial charge on any atom is -0.339 e. The maximum atomic E-state index is 12.6. The van der Waals surface area contributed by atoms with E-state index in [1.165, 1.54) is 0 Å². The highest BCUT2D eigenvalue weighted by atomic mass is 32.2. The smallest absolute Gasteiger partial charge is 0.321 e. The van der Waals surface area contributed by atoms with Gasteiger partial charge in [-0.25, -0.2) is 4.79 Å². The summed E-state index contributed by atoms with van der Waals surface area (Å²) in [5, 5.41) is 6.90. The molecule has 2 heterocycles. The normalized spacial score (nSPS) is 17.8. The Morgan fingerprint density at radius 2 is 2.29 bits per heavy atom. The molecule has 0 bridgehead atoms. The second-order valence-electron chi connectivity index (χ2n) is 5.82. The standard InChI is InChI=1S/C17H22N4O2S/c1-3-24-15-9-5-4-8-14(15)19-17(22)21-10-6-7-13(11-21)16-18-12(2)20-23-16/h4-5,8-9,13H,3,6-7,10-11H2,1-2H3,(H,19,22)/t13-/m0/s1. The highest BCUT2D eigenvalue weighted by molar-refractivity contribution is 7.99. The summed E-state index contributed by atoms with van der Waals surface area (Å²) < 4.78 is 5.28. The lowest BCUT2D eigenvalue weighted by atomic mass is 9.98. The molecule has 0 spiro atoms. The summed E-state index contributed by atoms with van der Waals surface area (Å²) in [5.41, 5.74) is 0.866. The van der Waals surface area contributed by atoms with Gasteiger partial charge in [-0.05, 0) is 37.7 Å². The van der Waals surface area contributed by atoms with Gasteiger partial charge in [-0.1, -0.05) is 24.2 Å². The monoisotopic (exact) mass is 346 g/mol. The van der Waals surface area contributed by atoms with Gasteiger partial charge in [0, 0.05) is 18.0 Å². The number of carbonyl (C=O) groups excluding carboxylic acids is 1. The Morgan fingerprint density at radius 3 is 3.04 bits per heavy atom. The van der Waals surface area contributed by atoms with Crippen LogP contribution in [0.4, 0.5) is 10.5 Å². The zero-order valence-electron chi connectivity index (χ0n) is 14.0. The summed E-state index contributed by atoms with van der Waals surface area (Å²) in [6, 6.07) is 7.83. The molecule has 1 atom stereocenters. The highest BCUT2D eigenvalue weighted by Crippen LogP contribution is 2.29. The molecule has 6 nitrogen and oxygen atoms in total. The molecule has 1 saturated heterocycles. The Kier molecular flexibility index (Phi) is 5.40. The average molecular weight is 346 g/mol. The molecule has 0 radical (unpaired) electrons. The van der Waals surface area contributed by atoms with E-state index in [1.807, 2.05) is 36.1 Å². The van der Waals surface area contributed by atoms with Gasteiger partial charge in [0.2, 0.25) is 5.89 Å². The van der Waals surface area contributed by atoms with Crippen molar-refractivity contribution in [3.05, 3.63) is 36.0 Å². The predicted octanol–water partition coefficient (Wildman–Crippen LogP) is 3.90. The van der Waals surface area contributed by atoms with Gasteiger partial charge < -0.3 is 14.7 Å². The van der Waals surface area contributed by atoms with Crippen LogP contribution in [0, 0.1) is 6.92 Å². The number of para-hydroxylation sites is 1. The molecule has 1 aromatic carbocycles. The second kappa shape index (κ2) is 7.70. The fourth-order valence-corrected chi connectivity index (χ4v) is 3.65. The lowest BCUT2D eigenvalue weighted by Gasteiger charge is -2.31. The molecule has 1 N–H and O–H groups in total. The van der Waals surface area contributed by atoms with Crippen molar-refractivity contribution in [1.82, 2.24) is 15.0 Å². The number of hydrogen-bond acceptors (Lipinski definition) is 5. The van der Waals surface area contributed by atoms with E-state index >= 15 is 0 Å². The first-order chi connectivity index (χ1) is 11.7. The Bertz CT molecular complexity index is 703. The summed E-state index contributed by atoms with van der Waals surface area (Å²) >= 11 is 1.72. The van der Waals surface area contributed by atoms with Gasteiger partial charge in [-0.2, -0.15) is 4.98 Å². The molecular weight excluding hydrogens is 324 g/mol. The van der Waals surface area contributed by atoms with Crippen molar-refractivity contribution in [2.45, 2.75) is 37.5 Å². The quantitative estimate of drug-likeness (QED) is 0.850. The van der Waals surface area contributed by atoms with Gasteiger partial charge in [0.15, 0.2) is 5.82 Å². The number of rotatable bonds is 4. The number of piperidine rings is 1. The van der Waals surface area contributed by atoms with E-state index < -0.39 is 0 Å². The first kappa shape index (κ1) is 16.8. The minimum atomic E-state index is -0.0694. The molecule has 1 fully saturated rings. The van der Waals surface area contributed by atoms with Gasteiger partial charge in [-0.3, -0.25) is 0 Å². The van der Waals surface area contributed by atoms with Crippen LogP contribution in [-0.2, 0) is 0 Å². The minimum absolute atomic E-state index is 0.0694. The van der Waals surface area contributed by atoms with Crippen molar-refractivity contribution in [3.8, 4) is 0 Å². The molecule has 0 saturated carbocycles. The van der Waals surface area contributed by atoms with E-state index in [0.717, 1.165) is 35.7 Å². The predicted molar refractivity (Wildman–Crippen MR) is 94.4 cm³/mol. The number of nitrogens with zero attached hydrogens (tertiary/aromatic N) is 3. The number of carbonyl (C=O) groups is 1. The van der Waals surface area contributed by atoms with Crippen LogP contribution in [-0.4, -0.2) is 39.9 Å². The maximum Gasteiger partial charge on any atom is 0.321 e. The molecular formula is C17H22N4O2S. The first-order valence-electron chi connectivity index (χ1n) is 8.25. The third-order valence-corrected chi connectivity index (χ3v) is 4.99. The fourth-order valence-electron chi connectivity index (χ4n) is 2.89. The van der Waals surface area contributed by atoms with Crippen LogP contribution in [0.5, 0.6) is 0 Å². The summed E-state index contributed by atoms with van der Waals surface area (Å²) in [6.45, 7) is 5.27. The van der Waals surface area contributed by atoms with Gasteiger partial charge in [0.05, 0.1) is 11.6 Å². The van der Waals surface area contributed by atoms with Gasteiger partial charge >= 0.3 is 6.03 Å². The van der Waals surface area contributed by atoms with Crippen LogP contribution in [0.1, 0.15) is 37.4 Å². The molecule has 0 unspecified atom stereocenters. The van der Waals surface area contributed by atoms with Gasteiger partial charge in [0.25, 0.3) is 0 Å². The number of urea groups is 1. The van der Waals surface area contributed by atoms with Crippen molar-refractivity contribution in [2.24, 2.45) is 0 Å². The van der Waals surface area contributed by atoms with Crippen LogP contribution in [0.2, 0.25) is 0 Å². The SMILES string of the molecule is CCSc1ccccc1NC(=O)N1CCC[C@H](c2nc(C)no2)C1. The molecule has 2 aromatic rings. The Morgan fingerprint density at radius 1 is 1.46 bits per heavy atom. The number of amides is 2. The maximum absolute atomic E-state index is 12.6. The van der Waals surface area contributed by atoms with E-state index in [4.69, 9.17) is 4.52 Å². The Labute approximate surface area is 146 Å². The average Bonchev–Trinajstić information content (AvgIpc) is 3.03. The molecule has 128 valence electrons. The van der Waals surface area contributed by atoms with E-state index in [9.17, 15) is 4.79 Å². The molecule has 7 heteroatoms. The van der Waals surface area contributed by atoms with E-state index in [0.29, 0.717) is 18.3 Å². The molecule has 2 amide bonds. The fraction of sp³-hybridized carbons (Fsp3) is 0.471. The van der Waals surface area contributed by atoms with Crippen molar-refractivity contribution < 1.29 is 9.32 Å². The summed E-state index contributed by atoms with van der Waals surface area (Å²) in [6.07, 6.45) is 1.90. The number of hydrogen-bond donors (Lipinski definition) is 1. The summed E-state index contributed by atoms with van der Waals surface area (Å²) in [5.74, 6) is 2.35. The summed E-state index contributed by atoms with van der Waals surface area (Å²) in [7, 11) is 0. The van der Waals surface area contributed by atoms with Crippen LogP contribution in [0.3, 0.4) is 0 Å². The number of anilines is 1. The number of aromatic nitrogens is 2. The second-order valence-corrected chi connectivity index (χ2v) is 7.13. The number of nitrogens with one attached hydrogen (secondary N) is 1. The van der Waals surface area contributed by atoms with Crippen LogP contribution >= 0.6 is 11.8 Å². The van der Waals surface area contributed by atoms with Crippen LogP contribution in [0.15, 0.2) is 33.7 Å². The van der Waals surface area contributed by atoms with Gasteiger partial charge in [-0.15, -0.1) is 11.8 Å². The van der Waals surface area contributed by atoms with E-state index in [2.05, 4.69) is 22.4 Å². The lowest BCUT2D eigenvalue weighted by Crippen LogP contribution is -2.41. The van der Waals surface area contributed by atoms with Crippen LogP contribution < -0.4 is 5.32 Å². The molecule has 1 aromatic heterocycles. The topological polar surface area (TPSA) is 71.3 Å². The molecule has 24 heavy (non-hydrogen) atoms. The number of thioether (sulfide) groups is 1. The highest BCUT2D eigenvalue weighted by Gasteiger charge is 2.28. The molecule has 1 aliphatic rings. The van der Waals surface area contributed by atoms with E-state index in [-0.39, 0.29) is 11.9 Å².